The number of nitrogens with zero attached hydrogens (tertiary/aromatic N) is 2. The molecule has 0 saturated heterocycles. The van der Waals surface area contributed by atoms with Gasteiger partial charge in [-0.25, -0.2) is 4.98 Å². The maximum Gasteiger partial charge on any atom is 0.239 e. The molecular formula is C11H16FN3O. The molecule has 0 aliphatic heterocycles. The first-order chi connectivity index (χ1) is 7.67. The molecule has 1 aromatic rings. The molecule has 1 rings (SSSR count). The SMILES string of the molecule is CCCN(CC(=O)NC)c1ccnc(F)c1. The monoisotopic (exact) mass is 225 g/mol. The van der Waals surface area contributed by atoms with Gasteiger partial charge in [0, 0.05) is 31.5 Å². The maximum atomic E-state index is 12.9. The summed E-state index contributed by atoms with van der Waals surface area (Å²) in [5, 5.41) is 2.55. The molecular weight excluding hydrogens is 209 g/mol. The Hall–Kier alpha value is -1.65. The summed E-state index contributed by atoms with van der Waals surface area (Å²) in [6.45, 7) is 2.94. The predicted molar refractivity (Wildman–Crippen MR) is 60.8 cm³/mol. The number of carbonyl (C=O) groups excluding carboxylic acids is 1. The second-order valence-corrected chi connectivity index (χ2v) is 3.43. The molecule has 0 bridgehead atoms. The first-order valence-electron chi connectivity index (χ1n) is 5.24. The van der Waals surface area contributed by atoms with Crippen LogP contribution in [-0.2, 0) is 4.79 Å². The fourth-order valence-corrected chi connectivity index (χ4v) is 1.41. The van der Waals surface area contributed by atoms with Crippen LogP contribution < -0.4 is 10.2 Å². The van der Waals surface area contributed by atoms with Gasteiger partial charge in [-0.1, -0.05) is 6.92 Å². The molecule has 0 atom stereocenters. The number of hydrogen-bond acceptors (Lipinski definition) is 3. The van der Waals surface area contributed by atoms with Gasteiger partial charge in [0.25, 0.3) is 0 Å². The molecule has 0 spiro atoms. The maximum absolute atomic E-state index is 12.9. The summed E-state index contributed by atoms with van der Waals surface area (Å²) in [5.41, 5.74) is 0.679. The van der Waals surface area contributed by atoms with Crippen molar-refractivity contribution in [3.8, 4) is 0 Å². The molecule has 1 aromatic heterocycles. The van der Waals surface area contributed by atoms with E-state index in [4.69, 9.17) is 0 Å². The van der Waals surface area contributed by atoms with Gasteiger partial charge in [0.1, 0.15) is 0 Å². The topological polar surface area (TPSA) is 45.2 Å². The van der Waals surface area contributed by atoms with Crippen molar-refractivity contribution in [1.29, 1.82) is 0 Å². The Morgan fingerprint density at radius 2 is 2.38 bits per heavy atom. The van der Waals surface area contributed by atoms with E-state index < -0.39 is 5.95 Å². The zero-order chi connectivity index (χ0) is 12.0. The van der Waals surface area contributed by atoms with Crippen molar-refractivity contribution in [2.24, 2.45) is 0 Å². The molecule has 0 unspecified atom stereocenters. The second kappa shape index (κ2) is 6.05. The summed E-state index contributed by atoms with van der Waals surface area (Å²) in [6, 6.07) is 3.03. The van der Waals surface area contributed by atoms with Crippen LogP contribution in [0, 0.1) is 5.95 Å². The highest BCUT2D eigenvalue weighted by atomic mass is 19.1. The third kappa shape index (κ3) is 3.49. The van der Waals surface area contributed by atoms with Crippen molar-refractivity contribution in [3.63, 3.8) is 0 Å². The minimum Gasteiger partial charge on any atom is -0.362 e. The van der Waals surface area contributed by atoms with Gasteiger partial charge in [-0.2, -0.15) is 4.39 Å². The molecule has 4 nitrogen and oxygen atoms in total. The van der Waals surface area contributed by atoms with E-state index >= 15 is 0 Å². The Balaban J connectivity index is 2.80. The summed E-state index contributed by atoms with van der Waals surface area (Å²) in [6.07, 6.45) is 2.29. The van der Waals surface area contributed by atoms with E-state index in [9.17, 15) is 9.18 Å². The molecule has 1 heterocycles. The smallest absolute Gasteiger partial charge is 0.239 e. The molecule has 0 aromatic carbocycles. The lowest BCUT2D eigenvalue weighted by atomic mass is 10.3. The van der Waals surface area contributed by atoms with Gasteiger partial charge in [-0.15, -0.1) is 0 Å². The summed E-state index contributed by atoms with van der Waals surface area (Å²) >= 11 is 0. The van der Waals surface area contributed by atoms with E-state index in [1.165, 1.54) is 12.3 Å². The van der Waals surface area contributed by atoms with E-state index in [1.54, 1.807) is 13.1 Å². The fourth-order valence-electron chi connectivity index (χ4n) is 1.41. The van der Waals surface area contributed by atoms with Crippen molar-refractivity contribution in [2.75, 3.05) is 25.0 Å². The number of carbonyl (C=O) groups is 1. The number of anilines is 1. The van der Waals surface area contributed by atoms with Gasteiger partial charge < -0.3 is 10.2 Å². The van der Waals surface area contributed by atoms with Crippen LogP contribution in [0.4, 0.5) is 10.1 Å². The lowest BCUT2D eigenvalue weighted by molar-refractivity contribution is -0.119. The minimum absolute atomic E-state index is 0.0920. The Labute approximate surface area is 94.5 Å². The number of aromatic nitrogens is 1. The van der Waals surface area contributed by atoms with Gasteiger partial charge >= 0.3 is 0 Å². The number of halogens is 1. The molecule has 1 amide bonds. The first kappa shape index (κ1) is 12.4. The van der Waals surface area contributed by atoms with Crippen molar-refractivity contribution in [2.45, 2.75) is 13.3 Å². The zero-order valence-electron chi connectivity index (χ0n) is 9.53. The number of amides is 1. The van der Waals surface area contributed by atoms with Gasteiger partial charge in [0.15, 0.2) is 0 Å². The van der Waals surface area contributed by atoms with E-state index in [0.29, 0.717) is 12.2 Å². The van der Waals surface area contributed by atoms with E-state index in [2.05, 4.69) is 10.3 Å². The normalized spacial score (nSPS) is 9.94. The largest absolute Gasteiger partial charge is 0.362 e. The van der Waals surface area contributed by atoms with Crippen molar-refractivity contribution in [3.05, 3.63) is 24.3 Å². The summed E-state index contributed by atoms with van der Waals surface area (Å²) in [7, 11) is 1.58. The molecule has 88 valence electrons. The van der Waals surface area contributed by atoms with Gasteiger partial charge in [-0.05, 0) is 12.5 Å². The molecule has 0 aliphatic carbocycles. The highest BCUT2D eigenvalue weighted by Gasteiger charge is 2.10. The Kier molecular flexibility index (Phi) is 4.69. The van der Waals surface area contributed by atoms with Crippen LogP contribution >= 0.6 is 0 Å². The summed E-state index contributed by atoms with van der Waals surface area (Å²) in [5.74, 6) is -0.624. The number of likely N-dealkylation sites (N-methyl/N-ethyl adjacent to an activating group) is 1. The van der Waals surface area contributed by atoms with Crippen LogP contribution in [0.25, 0.3) is 0 Å². The Morgan fingerprint density at radius 1 is 1.62 bits per heavy atom. The standard InChI is InChI=1S/C11H16FN3O/c1-3-6-15(8-11(16)13-2)9-4-5-14-10(12)7-9/h4-5,7H,3,6,8H2,1-2H3,(H,13,16). The number of nitrogens with one attached hydrogen (secondary N) is 1. The average molecular weight is 225 g/mol. The van der Waals surface area contributed by atoms with Crippen molar-refractivity contribution in [1.82, 2.24) is 10.3 Å². The lowest BCUT2D eigenvalue weighted by Crippen LogP contribution is -2.36. The van der Waals surface area contributed by atoms with Crippen LogP contribution in [0.2, 0.25) is 0 Å². The highest BCUT2D eigenvalue weighted by molar-refractivity contribution is 5.80. The Morgan fingerprint density at radius 3 is 2.94 bits per heavy atom. The molecule has 0 saturated carbocycles. The van der Waals surface area contributed by atoms with Crippen molar-refractivity contribution < 1.29 is 9.18 Å². The van der Waals surface area contributed by atoms with Crippen LogP contribution in [-0.4, -0.2) is 31.0 Å². The van der Waals surface area contributed by atoms with Gasteiger partial charge in [0.05, 0.1) is 6.54 Å². The van der Waals surface area contributed by atoms with Crippen LogP contribution in [0.1, 0.15) is 13.3 Å². The third-order valence-corrected chi connectivity index (χ3v) is 2.18. The van der Waals surface area contributed by atoms with E-state index in [1.807, 2.05) is 11.8 Å². The van der Waals surface area contributed by atoms with Crippen LogP contribution in [0.5, 0.6) is 0 Å². The van der Waals surface area contributed by atoms with Crippen LogP contribution in [0.15, 0.2) is 18.3 Å². The molecule has 0 radical (unpaired) electrons. The molecule has 0 aliphatic rings. The van der Waals surface area contributed by atoms with E-state index in [0.717, 1.165) is 6.42 Å². The molecule has 1 N–H and O–H groups in total. The van der Waals surface area contributed by atoms with Crippen molar-refractivity contribution >= 4 is 11.6 Å². The summed E-state index contributed by atoms with van der Waals surface area (Å²) in [4.78, 5) is 16.6. The minimum atomic E-state index is -0.532. The van der Waals surface area contributed by atoms with E-state index in [-0.39, 0.29) is 12.5 Å². The van der Waals surface area contributed by atoms with Gasteiger partial charge in [-0.3, -0.25) is 4.79 Å². The lowest BCUT2D eigenvalue weighted by Gasteiger charge is -2.23. The number of rotatable bonds is 5. The molecule has 16 heavy (non-hydrogen) atoms. The Bertz CT molecular complexity index is 357. The molecule has 5 heteroatoms. The highest BCUT2D eigenvalue weighted by Crippen LogP contribution is 2.13. The average Bonchev–Trinajstić information content (AvgIpc) is 2.28. The number of pyridine rings is 1. The number of hydrogen-bond donors (Lipinski definition) is 1. The zero-order valence-corrected chi connectivity index (χ0v) is 9.53. The fraction of sp³-hybridized carbons (Fsp3) is 0.455. The first-order valence-corrected chi connectivity index (χ1v) is 5.24. The van der Waals surface area contributed by atoms with Crippen LogP contribution in [0.3, 0.4) is 0 Å². The predicted octanol–water partition coefficient (Wildman–Crippen LogP) is 1.18. The quantitative estimate of drug-likeness (QED) is 0.765. The molecule has 0 fully saturated rings. The third-order valence-electron chi connectivity index (χ3n) is 2.18. The summed E-state index contributed by atoms with van der Waals surface area (Å²) < 4.78 is 12.9. The second-order valence-electron chi connectivity index (χ2n) is 3.43. The van der Waals surface area contributed by atoms with Gasteiger partial charge in [0.2, 0.25) is 11.9 Å².